The third-order valence-corrected chi connectivity index (χ3v) is 1.72. The molecule has 1 rings (SSSR count). The first-order valence-electron chi connectivity index (χ1n) is 4.11. The summed E-state index contributed by atoms with van der Waals surface area (Å²) >= 11 is 4.76. The molecule has 0 unspecified atom stereocenters. The predicted octanol–water partition coefficient (Wildman–Crippen LogP) is 0.0804. The van der Waals surface area contributed by atoms with Gasteiger partial charge in [0.25, 0.3) is 0 Å². The van der Waals surface area contributed by atoms with Gasteiger partial charge < -0.3 is 15.0 Å². The molecule has 5 nitrogen and oxygen atoms in total. The van der Waals surface area contributed by atoms with Crippen molar-refractivity contribution in [2.24, 2.45) is 5.73 Å². The molecule has 0 aliphatic heterocycles. The Morgan fingerprint density at radius 3 is 3.07 bits per heavy atom. The maximum atomic E-state index is 11.1. The molecular formula is C8H11N3O2S. The highest BCUT2D eigenvalue weighted by molar-refractivity contribution is 7.80. The summed E-state index contributed by atoms with van der Waals surface area (Å²) in [5.41, 5.74) is 5.40. The molecule has 2 N–H and O–H groups in total. The molecule has 0 spiro atoms. The van der Waals surface area contributed by atoms with Crippen LogP contribution in [-0.2, 0) is 16.1 Å². The van der Waals surface area contributed by atoms with Gasteiger partial charge in [0.2, 0.25) is 0 Å². The lowest BCUT2D eigenvalue weighted by Crippen LogP contribution is -2.21. The van der Waals surface area contributed by atoms with Crippen LogP contribution >= 0.6 is 12.2 Å². The van der Waals surface area contributed by atoms with Gasteiger partial charge in [0, 0.05) is 12.4 Å². The zero-order chi connectivity index (χ0) is 10.6. The van der Waals surface area contributed by atoms with Gasteiger partial charge in [-0.25, -0.2) is 4.98 Å². The van der Waals surface area contributed by atoms with Crippen molar-refractivity contribution in [3.8, 4) is 0 Å². The van der Waals surface area contributed by atoms with E-state index < -0.39 is 0 Å². The minimum Gasteiger partial charge on any atom is -0.465 e. The highest BCUT2D eigenvalue weighted by Gasteiger charge is 2.09. The Morgan fingerprint density at radius 2 is 2.50 bits per heavy atom. The standard InChI is InChI=1S/C8H11N3O2S/c1-2-13-6(12)5-11-4-3-10-8(11)7(9)14/h3-4H,2,5H2,1H3,(H2,9,14). The van der Waals surface area contributed by atoms with E-state index >= 15 is 0 Å². The van der Waals surface area contributed by atoms with E-state index in [0.29, 0.717) is 12.4 Å². The minimum atomic E-state index is -0.331. The number of carbonyl (C=O) groups excluding carboxylic acids is 1. The van der Waals surface area contributed by atoms with E-state index in [-0.39, 0.29) is 17.5 Å². The van der Waals surface area contributed by atoms with E-state index in [0.717, 1.165) is 0 Å². The van der Waals surface area contributed by atoms with Crippen LogP contribution in [-0.4, -0.2) is 27.1 Å². The molecule has 0 saturated heterocycles. The van der Waals surface area contributed by atoms with Crippen molar-refractivity contribution in [3.63, 3.8) is 0 Å². The highest BCUT2D eigenvalue weighted by atomic mass is 32.1. The van der Waals surface area contributed by atoms with Crippen molar-refractivity contribution in [2.45, 2.75) is 13.5 Å². The van der Waals surface area contributed by atoms with Crippen LogP contribution in [0, 0.1) is 0 Å². The maximum absolute atomic E-state index is 11.1. The smallest absolute Gasteiger partial charge is 0.326 e. The zero-order valence-electron chi connectivity index (χ0n) is 7.77. The first-order chi connectivity index (χ1) is 6.65. The van der Waals surface area contributed by atoms with Crippen LogP contribution in [0.3, 0.4) is 0 Å². The van der Waals surface area contributed by atoms with Gasteiger partial charge in [-0.1, -0.05) is 12.2 Å². The number of hydrogen-bond acceptors (Lipinski definition) is 4. The van der Waals surface area contributed by atoms with Crippen LogP contribution in [0.15, 0.2) is 12.4 Å². The lowest BCUT2D eigenvalue weighted by molar-refractivity contribution is -0.143. The van der Waals surface area contributed by atoms with E-state index in [9.17, 15) is 4.79 Å². The quantitative estimate of drug-likeness (QED) is 0.566. The second kappa shape index (κ2) is 4.71. The summed E-state index contributed by atoms with van der Waals surface area (Å²) < 4.78 is 6.33. The monoisotopic (exact) mass is 213 g/mol. The molecule has 0 fully saturated rings. The van der Waals surface area contributed by atoms with Gasteiger partial charge in [0.1, 0.15) is 11.5 Å². The van der Waals surface area contributed by atoms with Gasteiger partial charge in [-0.05, 0) is 6.92 Å². The number of aromatic nitrogens is 2. The van der Waals surface area contributed by atoms with Crippen LogP contribution in [0.4, 0.5) is 0 Å². The van der Waals surface area contributed by atoms with E-state index in [2.05, 4.69) is 4.98 Å². The fourth-order valence-corrected chi connectivity index (χ4v) is 1.18. The average molecular weight is 213 g/mol. The van der Waals surface area contributed by atoms with E-state index in [1.807, 2.05) is 0 Å². The average Bonchev–Trinajstić information content (AvgIpc) is 2.52. The topological polar surface area (TPSA) is 70.1 Å². The van der Waals surface area contributed by atoms with Gasteiger partial charge in [-0.2, -0.15) is 0 Å². The van der Waals surface area contributed by atoms with Gasteiger partial charge in [0.15, 0.2) is 5.82 Å². The summed E-state index contributed by atoms with van der Waals surface area (Å²) in [6.07, 6.45) is 3.17. The van der Waals surface area contributed by atoms with Crippen molar-refractivity contribution in [1.29, 1.82) is 0 Å². The van der Waals surface area contributed by atoms with Gasteiger partial charge in [-0.3, -0.25) is 4.79 Å². The lowest BCUT2D eigenvalue weighted by Gasteiger charge is -2.05. The fraction of sp³-hybridized carbons (Fsp3) is 0.375. The van der Waals surface area contributed by atoms with Crippen molar-refractivity contribution in [1.82, 2.24) is 9.55 Å². The molecular weight excluding hydrogens is 202 g/mol. The molecule has 1 aromatic heterocycles. The number of ether oxygens (including phenoxy) is 1. The highest BCUT2D eigenvalue weighted by Crippen LogP contribution is 1.98. The zero-order valence-corrected chi connectivity index (χ0v) is 8.58. The number of nitrogens with two attached hydrogens (primary N) is 1. The second-order valence-corrected chi connectivity index (χ2v) is 2.99. The Balaban J connectivity index is 2.71. The SMILES string of the molecule is CCOC(=O)Cn1ccnc1C(N)=S. The largest absolute Gasteiger partial charge is 0.465 e. The first-order valence-corrected chi connectivity index (χ1v) is 4.52. The summed E-state index contributed by atoms with van der Waals surface area (Å²) in [4.78, 5) is 15.2. The van der Waals surface area contributed by atoms with Crippen LogP contribution in [0.25, 0.3) is 0 Å². The predicted molar refractivity (Wildman–Crippen MR) is 54.7 cm³/mol. The molecule has 0 atom stereocenters. The Labute approximate surface area is 86.9 Å². The number of esters is 1. The summed E-state index contributed by atoms with van der Waals surface area (Å²) in [6, 6.07) is 0. The van der Waals surface area contributed by atoms with Crippen LogP contribution in [0.1, 0.15) is 12.7 Å². The molecule has 1 heterocycles. The van der Waals surface area contributed by atoms with Gasteiger partial charge in [0.05, 0.1) is 6.61 Å². The Kier molecular flexibility index (Phi) is 3.58. The van der Waals surface area contributed by atoms with Gasteiger partial charge in [-0.15, -0.1) is 0 Å². The number of rotatable bonds is 4. The van der Waals surface area contributed by atoms with Crippen molar-refractivity contribution in [3.05, 3.63) is 18.2 Å². The summed E-state index contributed by atoms with van der Waals surface area (Å²) in [5.74, 6) is 0.0936. The second-order valence-electron chi connectivity index (χ2n) is 2.55. The third kappa shape index (κ3) is 2.53. The van der Waals surface area contributed by atoms with Crippen molar-refractivity contribution >= 4 is 23.2 Å². The molecule has 0 saturated carbocycles. The number of thiocarbonyl (C=S) groups is 1. The Bertz CT molecular complexity index is 348. The van der Waals surface area contributed by atoms with E-state index in [1.165, 1.54) is 6.20 Å². The molecule has 76 valence electrons. The fourth-order valence-electron chi connectivity index (χ4n) is 1.01. The summed E-state index contributed by atoms with van der Waals surface area (Å²) in [5, 5.41) is 0. The summed E-state index contributed by atoms with van der Waals surface area (Å²) in [6.45, 7) is 2.19. The number of nitrogens with zero attached hydrogens (tertiary/aromatic N) is 2. The Hall–Kier alpha value is -1.43. The van der Waals surface area contributed by atoms with E-state index in [4.69, 9.17) is 22.7 Å². The number of hydrogen-bond donors (Lipinski definition) is 1. The first kappa shape index (κ1) is 10.6. The molecule has 0 bridgehead atoms. The third-order valence-electron chi connectivity index (χ3n) is 1.54. The molecule has 0 aromatic carbocycles. The maximum Gasteiger partial charge on any atom is 0.326 e. The minimum absolute atomic E-state index is 0.0838. The van der Waals surface area contributed by atoms with Crippen LogP contribution in [0.5, 0.6) is 0 Å². The van der Waals surface area contributed by atoms with E-state index in [1.54, 1.807) is 17.7 Å². The molecule has 0 aliphatic rings. The summed E-state index contributed by atoms with van der Waals surface area (Å²) in [7, 11) is 0. The molecule has 0 radical (unpaired) electrons. The van der Waals surface area contributed by atoms with Crippen LogP contribution in [0.2, 0.25) is 0 Å². The molecule has 0 aliphatic carbocycles. The van der Waals surface area contributed by atoms with Gasteiger partial charge >= 0.3 is 5.97 Å². The molecule has 0 amide bonds. The molecule has 6 heteroatoms. The molecule has 1 aromatic rings. The number of imidazole rings is 1. The van der Waals surface area contributed by atoms with Crippen molar-refractivity contribution in [2.75, 3.05) is 6.61 Å². The Morgan fingerprint density at radius 1 is 1.79 bits per heavy atom. The lowest BCUT2D eigenvalue weighted by atomic mass is 10.5. The number of carbonyl (C=O) groups is 1. The normalized spacial score (nSPS) is 9.79. The van der Waals surface area contributed by atoms with Crippen molar-refractivity contribution < 1.29 is 9.53 Å². The van der Waals surface area contributed by atoms with Crippen LogP contribution < -0.4 is 5.73 Å². The molecule has 14 heavy (non-hydrogen) atoms.